The van der Waals surface area contributed by atoms with Gasteiger partial charge in [-0.1, -0.05) is 41.9 Å². The van der Waals surface area contributed by atoms with Gasteiger partial charge in [0.2, 0.25) is 8.87 Å². The Balaban J connectivity index is 2.27. The standard InChI is InChI=1S/C13H10ClNO4S2/c14-11-6-7-13(12(8-11)15(16)17)20-21(18,19)9-10-4-2-1-3-5-10/h1-8H,9H2. The third kappa shape index (κ3) is 4.45. The van der Waals surface area contributed by atoms with Crippen LogP contribution in [0.2, 0.25) is 5.02 Å². The third-order valence-corrected chi connectivity index (χ3v) is 5.88. The summed E-state index contributed by atoms with van der Waals surface area (Å²) in [6.45, 7) is 0. The van der Waals surface area contributed by atoms with E-state index in [4.69, 9.17) is 11.6 Å². The van der Waals surface area contributed by atoms with E-state index in [1.165, 1.54) is 12.1 Å². The van der Waals surface area contributed by atoms with Crippen LogP contribution in [0, 0.1) is 10.1 Å². The van der Waals surface area contributed by atoms with Crippen molar-refractivity contribution < 1.29 is 13.3 Å². The van der Waals surface area contributed by atoms with Crippen molar-refractivity contribution in [2.24, 2.45) is 0 Å². The molecule has 2 rings (SSSR count). The summed E-state index contributed by atoms with van der Waals surface area (Å²) in [5.74, 6) is -0.196. The molecule has 0 saturated carbocycles. The highest BCUT2D eigenvalue weighted by atomic mass is 35.5. The van der Waals surface area contributed by atoms with Crippen molar-refractivity contribution in [3.63, 3.8) is 0 Å². The van der Waals surface area contributed by atoms with E-state index < -0.39 is 13.8 Å². The topological polar surface area (TPSA) is 77.3 Å². The first-order chi connectivity index (χ1) is 9.87. The number of nitro groups is 1. The smallest absolute Gasteiger partial charge is 0.258 e. The van der Waals surface area contributed by atoms with Gasteiger partial charge in [0.15, 0.2) is 0 Å². The number of benzene rings is 2. The van der Waals surface area contributed by atoms with E-state index in [-0.39, 0.29) is 21.4 Å². The Morgan fingerprint density at radius 2 is 1.81 bits per heavy atom. The quantitative estimate of drug-likeness (QED) is 0.468. The molecule has 8 heteroatoms. The molecule has 110 valence electrons. The van der Waals surface area contributed by atoms with Crippen LogP contribution in [0.25, 0.3) is 0 Å². The number of hydrogen-bond donors (Lipinski definition) is 0. The van der Waals surface area contributed by atoms with E-state index in [0.29, 0.717) is 16.4 Å². The van der Waals surface area contributed by atoms with Gasteiger partial charge in [0, 0.05) is 21.9 Å². The number of nitro benzene ring substituents is 1. The SMILES string of the molecule is O=[N+]([O-])c1cc(Cl)ccc1SS(=O)(=O)Cc1ccccc1. The van der Waals surface area contributed by atoms with Crippen LogP contribution in [0.3, 0.4) is 0 Å². The fraction of sp³-hybridized carbons (Fsp3) is 0.0769. The zero-order valence-electron chi connectivity index (χ0n) is 10.6. The first-order valence-corrected chi connectivity index (χ1v) is 9.14. The molecule has 0 atom stereocenters. The highest BCUT2D eigenvalue weighted by Gasteiger charge is 2.22. The van der Waals surface area contributed by atoms with Crippen LogP contribution in [0.15, 0.2) is 53.4 Å². The van der Waals surface area contributed by atoms with Gasteiger partial charge in [-0.3, -0.25) is 10.1 Å². The van der Waals surface area contributed by atoms with Crippen LogP contribution < -0.4 is 0 Å². The predicted molar refractivity (Wildman–Crippen MR) is 83.0 cm³/mol. The molecule has 2 aromatic carbocycles. The zero-order chi connectivity index (χ0) is 15.5. The molecule has 0 fully saturated rings. The molecule has 21 heavy (non-hydrogen) atoms. The van der Waals surface area contributed by atoms with E-state index in [0.717, 1.165) is 6.07 Å². The monoisotopic (exact) mass is 343 g/mol. The number of rotatable bonds is 5. The number of nitrogens with zero attached hydrogens (tertiary/aromatic N) is 1. The summed E-state index contributed by atoms with van der Waals surface area (Å²) in [5.41, 5.74) is 0.311. The van der Waals surface area contributed by atoms with Crippen molar-refractivity contribution in [3.05, 3.63) is 69.2 Å². The van der Waals surface area contributed by atoms with Crippen LogP contribution >= 0.6 is 22.4 Å². The first kappa shape index (κ1) is 15.8. The van der Waals surface area contributed by atoms with Crippen molar-refractivity contribution in [2.75, 3.05) is 0 Å². The van der Waals surface area contributed by atoms with Crippen molar-refractivity contribution >= 4 is 37.0 Å². The minimum atomic E-state index is -3.59. The molecule has 0 saturated heterocycles. The van der Waals surface area contributed by atoms with Crippen molar-refractivity contribution in [2.45, 2.75) is 10.6 Å². The normalized spacial score (nSPS) is 11.3. The molecule has 0 radical (unpaired) electrons. The van der Waals surface area contributed by atoms with Crippen molar-refractivity contribution in [1.82, 2.24) is 0 Å². The van der Waals surface area contributed by atoms with Crippen LogP contribution in [0.1, 0.15) is 5.56 Å². The Kier molecular flexibility index (Phi) is 4.87. The fourth-order valence-corrected chi connectivity index (χ4v) is 4.92. The minimum absolute atomic E-state index is 0.0559. The second-order valence-corrected chi connectivity index (χ2v) is 8.61. The van der Waals surface area contributed by atoms with E-state index in [1.807, 2.05) is 0 Å². The Morgan fingerprint density at radius 1 is 1.14 bits per heavy atom. The van der Waals surface area contributed by atoms with Crippen LogP contribution in [-0.4, -0.2) is 13.3 Å². The summed E-state index contributed by atoms with van der Waals surface area (Å²) in [7, 11) is -3.11. The van der Waals surface area contributed by atoms with E-state index >= 15 is 0 Å². The Labute approximate surface area is 130 Å². The van der Waals surface area contributed by atoms with Crippen LogP contribution in [0.4, 0.5) is 5.69 Å². The molecule has 0 aliphatic rings. The summed E-state index contributed by atoms with van der Waals surface area (Å²) in [6.07, 6.45) is 0. The molecule has 0 unspecified atom stereocenters. The molecular weight excluding hydrogens is 334 g/mol. The lowest BCUT2D eigenvalue weighted by molar-refractivity contribution is -0.387. The molecule has 0 aliphatic carbocycles. The fourth-order valence-electron chi connectivity index (χ4n) is 1.65. The largest absolute Gasteiger partial charge is 0.285 e. The van der Waals surface area contributed by atoms with E-state index in [1.54, 1.807) is 30.3 Å². The Bertz CT molecular complexity index is 763. The van der Waals surface area contributed by atoms with Gasteiger partial charge < -0.3 is 0 Å². The molecule has 0 heterocycles. The molecular formula is C13H10ClNO4S2. The van der Waals surface area contributed by atoms with Gasteiger partial charge in [-0.25, -0.2) is 8.42 Å². The molecule has 0 aromatic heterocycles. The van der Waals surface area contributed by atoms with Gasteiger partial charge in [0.1, 0.15) is 4.90 Å². The average Bonchev–Trinajstić information content (AvgIpc) is 2.41. The summed E-state index contributed by atoms with van der Waals surface area (Å²) in [6, 6.07) is 12.5. The van der Waals surface area contributed by atoms with Crippen LogP contribution in [-0.2, 0) is 14.6 Å². The zero-order valence-corrected chi connectivity index (χ0v) is 13.0. The van der Waals surface area contributed by atoms with E-state index in [2.05, 4.69) is 0 Å². The third-order valence-electron chi connectivity index (χ3n) is 2.52. The molecule has 0 spiro atoms. The second kappa shape index (κ2) is 6.46. The van der Waals surface area contributed by atoms with Gasteiger partial charge in [-0.15, -0.1) is 0 Å². The summed E-state index contributed by atoms with van der Waals surface area (Å²) in [5, 5.41) is 11.1. The number of hydrogen-bond acceptors (Lipinski definition) is 5. The maximum absolute atomic E-state index is 12.1. The van der Waals surface area contributed by atoms with Crippen LogP contribution in [0.5, 0.6) is 0 Å². The summed E-state index contributed by atoms with van der Waals surface area (Å²) < 4.78 is 24.3. The van der Waals surface area contributed by atoms with E-state index in [9.17, 15) is 18.5 Å². The minimum Gasteiger partial charge on any atom is -0.258 e. The molecule has 2 aromatic rings. The molecule has 0 bridgehead atoms. The molecule has 5 nitrogen and oxygen atoms in total. The van der Waals surface area contributed by atoms with Gasteiger partial charge in [-0.2, -0.15) is 0 Å². The highest BCUT2D eigenvalue weighted by Crippen LogP contribution is 2.36. The molecule has 0 N–H and O–H groups in total. The predicted octanol–water partition coefficient (Wildman–Crippen LogP) is 3.87. The van der Waals surface area contributed by atoms with Crippen molar-refractivity contribution in [1.29, 1.82) is 0 Å². The molecule has 0 amide bonds. The van der Waals surface area contributed by atoms with Gasteiger partial charge in [0.25, 0.3) is 5.69 Å². The highest BCUT2D eigenvalue weighted by molar-refractivity contribution is 8.71. The second-order valence-electron chi connectivity index (χ2n) is 4.14. The Morgan fingerprint density at radius 3 is 2.43 bits per heavy atom. The maximum Gasteiger partial charge on any atom is 0.285 e. The Hall–Kier alpha value is -1.57. The van der Waals surface area contributed by atoms with Gasteiger partial charge >= 0.3 is 0 Å². The van der Waals surface area contributed by atoms with Crippen molar-refractivity contribution in [3.8, 4) is 0 Å². The molecule has 0 aliphatic heterocycles. The van der Waals surface area contributed by atoms with Gasteiger partial charge in [0.05, 0.1) is 10.7 Å². The number of halogens is 1. The summed E-state index contributed by atoms with van der Waals surface area (Å²) in [4.78, 5) is 10.4. The lowest BCUT2D eigenvalue weighted by Crippen LogP contribution is -2.00. The average molecular weight is 344 g/mol. The first-order valence-electron chi connectivity index (χ1n) is 5.77. The summed E-state index contributed by atoms with van der Waals surface area (Å²) >= 11 is 5.70. The maximum atomic E-state index is 12.1. The van der Waals surface area contributed by atoms with Gasteiger partial charge in [-0.05, 0) is 17.7 Å². The lowest BCUT2D eigenvalue weighted by atomic mass is 10.2. The lowest BCUT2D eigenvalue weighted by Gasteiger charge is -2.05.